The van der Waals surface area contributed by atoms with E-state index in [1.165, 1.54) is 24.9 Å². The van der Waals surface area contributed by atoms with Crippen LogP contribution in [0, 0.1) is 19.8 Å². The van der Waals surface area contributed by atoms with Gasteiger partial charge in [0.2, 0.25) is 0 Å². The van der Waals surface area contributed by atoms with Crippen LogP contribution in [0.2, 0.25) is 5.02 Å². The maximum absolute atomic E-state index is 9.79. The Morgan fingerprint density at radius 1 is 1.16 bits per heavy atom. The highest BCUT2D eigenvalue weighted by molar-refractivity contribution is 6.30. The Bertz CT molecular complexity index is 1250. The van der Waals surface area contributed by atoms with Gasteiger partial charge >= 0.3 is 0 Å². The molecule has 0 saturated carbocycles. The van der Waals surface area contributed by atoms with Gasteiger partial charge in [0.05, 0.1) is 24.0 Å². The van der Waals surface area contributed by atoms with Gasteiger partial charge in [0.1, 0.15) is 11.3 Å². The molecule has 0 spiro atoms. The molecule has 7 nitrogen and oxygen atoms in total. The summed E-state index contributed by atoms with van der Waals surface area (Å²) in [5.41, 5.74) is 4.94. The zero-order valence-corrected chi connectivity index (χ0v) is 24.8. The molecule has 2 fully saturated rings. The van der Waals surface area contributed by atoms with Crippen molar-refractivity contribution < 1.29 is 5.11 Å². The number of aromatic nitrogens is 4. The van der Waals surface area contributed by atoms with Gasteiger partial charge in [-0.3, -0.25) is 4.90 Å². The number of likely N-dealkylation sites (tertiary alicyclic amines) is 1. The van der Waals surface area contributed by atoms with Gasteiger partial charge in [0, 0.05) is 30.2 Å². The summed E-state index contributed by atoms with van der Waals surface area (Å²) in [5.74, 6) is 1.48. The minimum atomic E-state index is -0.210. The first kappa shape index (κ1) is 29.1. The number of hydrogen-bond donors (Lipinski definition) is 1. The molecular weight excluding hydrogens is 519 g/mol. The number of aliphatic hydroxyl groups excluding tert-OH is 1. The maximum atomic E-state index is 9.79. The Balaban J connectivity index is 0.00000336. The van der Waals surface area contributed by atoms with Crippen molar-refractivity contribution in [2.45, 2.75) is 91.0 Å². The lowest BCUT2D eigenvalue weighted by Gasteiger charge is -2.44. The van der Waals surface area contributed by atoms with Crippen molar-refractivity contribution in [3.63, 3.8) is 0 Å². The minimum absolute atomic E-state index is 0. The third-order valence-corrected chi connectivity index (χ3v) is 8.79. The van der Waals surface area contributed by atoms with E-state index in [0.29, 0.717) is 18.0 Å². The Morgan fingerprint density at radius 3 is 2.66 bits per heavy atom. The number of hydrogen-bond acceptors (Lipinski definition) is 6. The number of aryl methyl sites for hydroxylation is 2. The average Bonchev–Trinajstić information content (AvgIpc) is 3.46. The van der Waals surface area contributed by atoms with E-state index in [9.17, 15) is 5.11 Å². The largest absolute Gasteiger partial charge is 0.393 e. The number of nitrogens with zero attached hydrogens (tertiary/aromatic N) is 6. The first-order chi connectivity index (χ1) is 17.7. The first-order valence-electron chi connectivity index (χ1n) is 13.9. The zero-order valence-electron chi connectivity index (χ0n) is 23.3. The van der Waals surface area contributed by atoms with E-state index < -0.39 is 0 Å². The van der Waals surface area contributed by atoms with Gasteiger partial charge in [-0.25, -0.2) is 14.6 Å². The Hall–Kier alpha value is -1.93. The van der Waals surface area contributed by atoms with Crippen molar-refractivity contribution in [2.75, 3.05) is 24.5 Å². The Morgan fingerprint density at radius 2 is 1.95 bits per heavy atom. The number of piperidine rings is 1. The summed E-state index contributed by atoms with van der Waals surface area (Å²) in [5, 5.41) is 15.4. The molecule has 2 saturated heterocycles. The van der Waals surface area contributed by atoms with Crippen LogP contribution in [0.4, 0.5) is 5.82 Å². The molecule has 1 N–H and O–H groups in total. The number of rotatable bonds is 7. The second-order valence-electron chi connectivity index (χ2n) is 11.3. The lowest BCUT2D eigenvalue weighted by atomic mass is 9.91. The van der Waals surface area contributed by atoms with E-state index in [0.717, 1.165) is 65.6 Å². The normalized spacial score (nSPS) is 24.0. The minimum Gasteiger partial charge on any atom is -0.393 e. The molecule has 3 aromatic rings. The van der Waals surface area contributed by atoms with Gasteiger partial charge in [-0.1, -0.05) is 24.6 Å². The highest BCUT2D eigenvalue weighted by Gasteiger charge is 2.37. The van der Waals surface area contributed by atoms with E-state index in [4.69, 9.17) is 26.7 Å². The molecule has 0 radical (unpaired) electrons. The van der Waals surface area contributed by atoms with Crippen LogP contribution < -0.4 is 4.90 Å². The van der Waals surface area contributed by atoms with Crippen LogP contribution in [0.25, 0.3) is 11.2 Å². The molecule has 208 valence electrons. The van der Waals surface area contributed by atoms with Crippen molar-refractivity contribution in [3.8, 4) is 0 Å². The molecule has 1 aromatic carbocycles. The van der Waals surface area contributed by atoms with Crippen molar-refractivity contribution in [1.29, 1.82) is 0 Å². The summed E-state index contributed by atoms with van der Waals surface area (Å²) in [6, 6.07) is 7.26. The highest BCUT2D eigenvalue weighted by atomic mass is 35.5. The van der Waals surface area contributed by atoms with Gasteiger partial charge in [-0.05, 0) is 95.5 Å². The smallest absolute Gasteiger partial charge is 0.179 e. The third kappa shape index (κ3) is 5.81. The maximum Gasteiger partial charge on any atom is 0.179 e. The SMILES string of the molecule is Cc1cc(Cl)ccc1C(C)n1nc(C)c2ncc(N3CCC(N4CCCC4CCC(C)O)C(C)C3)nc21.Cl. The molecule has 2 aliphatic rings. The fourth-order valence-electron chi connectivity index (χ4n) is 6.58. The first-order valence-corrected chi connectivity index (χ1v) is 14.3. The predicted octanol–water partition coefficient (Wildman–Crippen LogP) is 5.97. The van der Waals surface area contributed by atoms with Gasteiger partial charge in [0.15, 0.2) is 5.65 Å². The standard InChI is InChI=1S/C29H41ClN6O.ClH/c1-18-15-23(30)9-11-25(18)22(5)36-29-28(21(4)33-36)31-16-27(32-29)34-14-12-26(19(2)17-34)35-13-6-7-24(35)10-8-20(3)37;/h9,11,15-16,19-20,22,24,26,37H,6-8,10,12-14,17H2,1-5H3;1H. The monoisotopic (exact) mass is 560 g/mol. The van der Waals surface area contributed by atoms with Crippen LogP contribution in [0.1, 0.15) is 75.7 Å². The van der Waals surface area contributed by atoms with Gasteiger partial charge in [-0.2, -0.15) is 5.10 Å². The van der Waals surface area contributed by atoms with Crippen molar-refractivity contribution >= 4 is 41.0 Å². The van der Waals surface area contributed by atoms with E-state index >= 15 is 0 Å². The van der Waals surface area contributed by atoms with Crippen molar-refractivity contribution in [1.82, 2.24) is 24.6 Å². The van der Waals surface area contributed by atoms with Crippen LogP contribution in [0.5, 0.6) is 0 Å². The average molecular weight is 562 g/mol. The molecule has 5 rings (SSSR count). The Labute approximate surface area is 238 Å². The van der Waals surface area contributed by atoms with E-state index in [2.05, 4.69) is 36.6 Å². The molecule has 9 heteroatoms. The number of anilines is 1. The zero-order chi connectivity index (χ0) is 26.3. The third-order valence-electron chi connectivity index (χ3n) is 8.56. The lowest BCUT2D eigenvalue weighted by Crippen LogP contribution is -2.52. The summed E-state index contributed by atoms with van der Waals surface area (Å²) >= 11 is 6.21. The molecule has 4 heterocycles. The van der Waals surface area contributed by atoms with Crippen LogP contribution in [-0.4, -0.2) is 67.6 Å². The fraction of sp³-hybridized carbons (Fsp3) is 0.621. The van der Waals surface area contributed by atoms with Crippen molar-refractivity contribution in [2.24, 2.45) is 5.92 Å². The molecule has 5 atom stereocenters. The Kier molecular flexibility index (Phi) is 9.23. The molecule has 0 aliphatic carbocycles. The van der Waals surface area contributed by atoms with E-state index in [1.807, 2.05) is 36.9 Å². The van der Waals surface area contributed by atoms with Crippen LogP contribution in [0.3, 0.4) is 0 Å². The summed E-state index contributed by atoms with van der Waals surface area (Å²) in [6.45, 7) is 13.7. The highest BCUT2D eigenvalue weighted by Crippen LogP contribution is 2.33. The molecule has 38 heavy (non-hydrogen) atoms. The van der Waals surface area contributed by atoms with Crippen LogP contribution in [0.15, 0.2) is 24.4 Å². The molecule has 0 bridgehead atoms. The molecule has 0 amide bonds. The van der Waals surface area contributed by atoms with E-state index in [-0.39, 0.29) is 24.6 Å². The lowest BCUT2D eigenvalue weighted by molar-refractivity contribution is 0.0976. The number of aliphatic hydroxyl groups is 1. The van der Waals surface area contributed by atoms with Gasteiger partial charge in [0.25, 0.3) is 0 Å². The molecule has 5 unspecified atom stereocenters. The van der Waals surface area contributed by atoms with Gasteiger partial charge in [-0.15, -0.1) is 12.4 Å². The molecule has 2 aromatic heterocycles. The second-order valence-corrected chi connectivity index (χ2v) is 11.8. The number of fused-ring (bicyclic) bond motifs is 1. The predicted molar refractivity (Wildman–Crippen MR) is 158 cm³/mol. The summed E-state index contributed by atoms with van der Waals surface area (Å²) in [6.07, 6.45) is 7.37. The topological polar surface area (TPSA) is 70.3 Å². The number of halogens is 2. The fourth-order valence-corrected chi connectivity index (χ4v) is 6.80. The summed E-state index contributed by atoms with van der Waals surface area (Å²) < 4.78 is 2.02. The van der Waals surface area contributed by atoms with Gasteiger partial charge < -0.3 is 10.0 Å². The molecule has 2 aliphatic heterocycles. The number of benzene rings is 1. The summed E-state index contributed by atoms with van der Waals surface area (Å²) in [7, 11) is 0. The van der Waals surface area contributed by atoms with Crippen LogP contribution >= 0.6 is 24.0 Å². The molecular formula is C29H42Cl2N6O. The van der Waals surface area contributed by atoms with Crippen molar-refractivity contribution in [3.05, 3.63) is 46.2 Å². The summed E-state index contributed by atoms with van der Waals surface area (Å²) in [4.78, 5) is 15.1. The van der Waals surface area contributed by atoms with E-state index in [1.54, 1.807) is 0 Å². The van der Waals surface area contributed by atoms with Crippen LogP contribution in [-0.2, 0) is 0 Å². The quantitative estimate of drug-likeness (QED) is 0.384. The second kappa shape index (κ2) is 12.1.